The van der Waals surface area contributed by atoms with Gasteiger partial charge in [-0.05, 0) is 95.2 Å². The van der Waals surface area contributed by atoms with Gasteiger partial charge < -0.3 is 0 Å². The molecule has 1 aromatic carbocycles. The summed E-state index contributed by atoms with van der Waals surface area (Å²) in [4.78, 5) is 93.4. The molecule has 1 aromatic rings. The van der Waals surface area contributed by atoms with E-state index in [4.69, 9.17) is 0 Å². The monoisotopic (exact) mass is 784 g/mol. The summed E-state index contributed by atoms with van der Waals surface area (Å²) in [6, 6.07) is 5.13. The van der Waals surface area contributed by atoms with E-state index in [0.29, 0.717) is 77.0 Å². The third-order valence-corrected chi connectivity index (χ3v) is 14.7. The van der Waals surface area contributed by atoms with E-state index in [1.807, 2.05) is 0 Å². The van der Waals surface area contributed by atoms with Crippen LogP contribution in [-0.2, 0) is 28.8 Å². The molecule has 6 saturated carbocycles. The molecule has 0 spiro atoms. The molecule has 312 valence electrons. The van der Waals surface area contributed by atoms with E-state index in [0.717, 1.165) is 116 Å². The van der Waals surface area contributed by atoms with Gasteiger partial charge in [-0.3, -0.25) is 28.8 Å². The lowest BCUT2D eigenvalue weighted by atomic mass is 9.85. The summed E-state index contributed by atoms with van der Waals surface area (Å²) in [6.07, 6.45) is 25.9. The molecule has 57 heavy (non-hydrogen) atoms. The van der Waals surface area contributed by atoms with Gasteiger partial charge in [0.05, 0.1) is 17.1 Å². The van der Waals surface area contributed by atoms with Gasteiger partial charge in [0.1, 0.15) is 0 Å². The highest BCUT2D eigenvalue weighted by atomic mass is 16.2. The van der Waals surface area contributed by atoms with Crippen molar-refractivity contribution in [3.63, 3.8) is 0 Å². The summed E-state index contributed by atoms with van der Waals surface area (Å²) in [5.41, 5.74) is 0.846. The maximum Gasteiger partial charge on any atom is 0.236 e. The first kappa shape index (κ1) is 41.8. The number of rotatable bonds is 9. The van der Waals surface area contributed by atoms with Gasteiger partial charge in [0.2, 0.25) is 35.4 Å². The quantitative estimate of drug-likeness (QED) is 0.231. The summed E-state index contributed by atoms with van der Waals surface area (Å²) >= 11 is 0. The number of benzene rings is 1. The topological polar surface area (TPSA) is 112 Å². The van der Waals surface area contributed by atoms with Crippen LogP contribution in [-0.4, -0.2) is 35.4 Å². The zero-order valence-corrected chi connectivity index (χ0v) is 34.7. The molecule has 0 aliphatic heterocycles. The maximum atomic E-state index is 14.9. The Hall–Kier alpha value is -3.36. The first-order chi connectivity index (χ1) is 27.8. The third-order valence-electron chi connectivity index (χ3n) is 14.7. The zero-order valence-electron chi connectivity index (χ0n) is 34.7. The predicted octanol–water partition coefficient (Wildman–Crippen LogP) is 10.7. The van der Waals surface area contributed by atoms with Crippen molar-refractivity contribution >= 4 is 52.5 Å². The molecule has 9 nitrogen and oxygen atoms in total. The van der Waals surface area contributed by atoms with Crippen molar-refractivity contribution in [1.29, 1.82) is 0 Å². The number of carbonyl (C=O) groups is 6. The van der Waals surface area contributed by atoms with E-state index >= 15 is 0 Å². The largest absolute Gasteiger partial charge is 0.274 e. The lowest BCUT2D eigenvalue weighted by Gasteiger charge is -2.36. The molecule has 6 fully saturated rings. The van der Waals surface area contributed by atoms with E-state index in [1.165, 1.54) is 14.7 Å². The highest BCUT2D eigenvalue weighted by Gasteiger charge is 2.41. The molecule has 0 atom stereocenters. The second-order valence-corrected chi connectivity index (χ2v) is 18.8. The number of amides is 6. The number of nitrogens with zero attached hydrogens (tertiary/aromatic N) is 3. The fraction of sp³-hybridized carbons (Fsp3) is 0.750. The number of hydrogen-bond acceptors (Lipinski definition) is 6. The molecule has 7 rings (SSSR count). The third kappa shape index (κ3) is 9.92. The molecule has 0 aromatic heterocycles. The number of hydrogen-bond donors (Lipinski definition) is 0. The van der Waals surface area contributed by atoms with Crippen LogP contribution in [0.2, 0.25) is 0 Å². The molecule has 9 heteroatoms. The molecule has 0 saturated heterocycles. The minimum absolute atomic E-state index is 0.235. The Kier molecular flexibility index (Phi) is 14.7. The van der Waals surface area contributed by atoms with E-state index in [1.54, 1.807) is 18.2 Å². The van der Waals surface area contributed by atoms with Crippen LogP contribution < -0.4 is 14.7 Å². The van der Waals surface area contributed by atoms with Gasteiger partial charge in [0.25, 0.3) is 0 Å². The lowest BCUT2D eigenvalue weighted by molar-refractivity contribution is -0.133. The van der Waals surface area contributed by atoms with Gasteiger partial charge in [-0.2, -0.15) is 0 Å². The Morgan fingerprint density at radius 1 is 0.263 bits per heavy atom. The average molecular weight is 784 g/mol. The van der Waals surface area contributed by atoms with Crippen molar-refractivity contribution in [1.82, 2.24) is 0 Å². The van der Waals surface area contributed by atoms with Gasteiger partial charge in [-0.25, -0.2) is 14.7 Å². The molecule has 6 amide bonds. The summed E-state index contributed by atoms with van der Waals surface area (Å²) in [7, 11) is 0. The Morgan fingerprint density at radius 2 is 0.404 bits per heavy atom. The highest BCUT2D eigenvalue weighted by molar-refractivity contribution is 6.21. The van der Waals surface area contributed by atoms with Crippen molar-refractivity contribution in [2.75, 3.05) is 14.7 Å². The SMILES string of the molecule is O=C(C1CCCCC1)N(C(=O)C1CCCCC1)c1cc(N(C(=O)C2CCCCC2)C(=O)C2CCCCC2)cc(N(C(=O)C2CCCCC2)C(=O)C2CCCCC2)c1. The Labute approximate surface area is 341 Å². The molecule has 0 N–H and O–H groups in total. The van der Waals surface area contributed by atoms with E-state index in [-0.39, 0.29) is 88.0 Å². The van der Waals surface area contributed by atoms with Crippen LogP contribution in [0, 0.1) is 35.5 Å². The molecule has 0 bridgehead atoms. The van der Waals surface area contributed by atoms with Gasteiger partial charge in [-0.15, -0.1) is 0 Å². The Balaban J connectivity index is 1.41. The molecule has 0 heterocycles. The molecular formula is C48H69N3O6. The van der Waals surface area contributed by atoms with Crippen LogP contribution in [0.4, 0.5) is 17.1 Å². The van der Waals surface area contributed by atoms with Crippen LogP contribution in [0.1, 0.15) is 193 Å². The Morgan fingerprint density at radius 3 is 0.544 bits per heavy atom. The summed E-state index contributed by atoms with van der Waals surface area (Å²) in [6.45, 7) is 0. The number of carbonyl (C=O) groups excluding carboxylic acids is 6. The van der Waals surface area contributed by atoms with Crippen LogP contribution in [0.25, 0.3) is 0 Å². The molecule has 6 aliphatic rings. The zero-order chi connectivity index (χ0) is 39.7. The molecular weight excluding hydrogens is 715 g/mol. The fourth-order valence-electron chi connectivity index (χ4n) is 11.2. The average Bonchev–Trinajstić information content (AvgIpc) is 3.28. The summed E-state index contributed by atoms with van der Waals surface area (Å²) in [5.74, 6) is -3.29. The molecule has 6 aliphatic carbocycles. The first-order valence-corrected chi connectivity index (χ1v) is 23.6. The highest BCUT2D eigenvalue weighted by Crippen LogP contribution is 2.41. The van der Waals surface area contributed by atoms with Gasteiger partial charge >= 0.3 is 0 Å². The first-order valence-electron chi connectivity index (χ1n) is 23.6. The van der Waals surface area contributed by atoms with Crippen molar-refractivity contribution in [3.8, 4) is 0 Å². The van der Waals surface area contributed by atoms with E-state index < -0.39 is 0 Å². The number of imide groups is 3. The van der Waals surface area contributed by atoms with E-state index in [9.17, 15) is 28.8 Å². The summed E-state index contributed by atoms with van der Waals surface area (Å²) < 4.78 is 0. The normalized spacial score (nSPS) is 22.7. The van der Waals surface area contributed by atoms with E-state index in [2.05, 4.69) is 0 Å². The van der Waals surface area contributed by atoms with Gasteiger partial charge in [-0.1, -0.05) is 116 Å². The minimum atomic E-state index is -0.314. The van der Waals surface area contributed by atoms with Crippen LogP contribution in [0.15, 0.2) is 18.2 Å². The minimum Gasteiger partial charge on any atom is -0.274 e. The van der Waals surface area contributed by atoms with Crippen LogP contribution >= 0.6 is 0 Å². The van der Waals surface area contributed by atoms with Crippen molar-refractivity contribution in [2.24, 2.45) is 35.5 Å². The maximum absolute atomic E-state index is 14.9. The van der Waals surface area contributed by atoms with Crippen molar-refractivity contribution in [2.45, 2.75) is 193 Å². The molecule has 0 radical (unpaired) electrons. The molecule has 0 unspecified atom stereocenters. The van der Waals surface area contributed by atoms with Gasteiger partial charge in [0, 0.05) is 35.5 Å². The van der Waals surface area contributed by atoms with Crippen molar-refractivity contribution < 1.29 is 28.8 Å². The van der Waals surface area contributed by atoms with Crippen molar-refractivity contribution in [3.05, 3.63) is 18.2 Å². The van der Waals surface area contributed by atoms with Crippen LogP contribution in [0.5, 0.6) is 0 Å². The number of anilines is 3. The second-order valence-electron chi connectivity index (χ2n) is 18.8. The van der Waals surface area contributed by atoms with Crippen LogP contribution in [0.3, 0.4) is 0 Å². The standard InChI is InChI=1S/C48H69N3O6/c52-43(34-19-7-1-8-20-34)49(44(53)35-21-9-2-10-22-35)40-31-41(50(45(54)36-23-11-3-12-24-36)46(55)37-25-13-4-14-26-37)33-42(32-40)51(47(56)38-27-15-5-16-28-38)48(57)39-29-17-6-18-30-39/h31-39H,1-30H2. The van der Waals surface area contributed by atoms with Gasteiger partial charge in [0.15, 0.2) is 0 Å². The predicted molar refractivity (Wildman–Crippen MR) is 223 cm³/mol. The second kappa shape index (κ2) is 20.1. The smallest absolute Gasteiger partial charge is 0.236 e. The summed E-state index contributed by atoms with van der Waals surface area (Å²) in [5, 5.41) is 0. The fourth-order valence-corrected chi connectivity index (χ4v) is 11.2. The Bertz CT molecular complexity index is 1300. The lowest BCUT2D eigenvalue weighted by Crippen LogP contribution is -2.48.